The molecule has 3 unspecified atom stereocenters. The molecule has 3 atom stereocenters. The van der Waals surface area contributed by atoms with Gasteiger partial charge in [0.05, 0.1) is 15.7 Å². The van der Waals surface area contributed by atoms with Gasteiger partial charge in [0.25, 0.3) is 5.91 Å². The molecule has 0 bridgehead atoms. The molecule has 1 aliphatic heterocycles. The number of para-hydroxylation sites is 1. The average Bonchev–Trinajstić information content (AvgIpc) is 3.26. The number of hydrogen-bond donors (Lipinski definition) is 1. The normalized spacial score (nSPS) is 15.9. The van der Waals surface area contributed by atoms with E-state index in [-0.39, 0.29) is 38.5 Å². The van der Waals surface area contributed by atoms with Crippen LogP contribution in [0.4, 0.5) is 21.0 Å². The summed E-state index contributed by atoms with van der Waals surface area (Å²) in [6.07, 6.45) is 3.37. The van der Waals surface area contributed by atoms with Crippen LogP contribution in [0, 0.1) is 0 Å². The number of ether oxygens (including phenoxy) is 2. The van der Waals surface area contributed by atoms with Crippen molar-refractivity contribution in [2.45, 2.75) is 89.7 Å². The fraction of sp³-hybridized carbons (Fsp3) is 0.484. The van der Waals surface area contributed by atoms with E-state index in [0.717, 1.165) is 42.0 Å². The van der Waals surface area contributed by atoms with Crippen molar-refractivity contribution in [1.29, 1.82) is 0 Å². The molecular weight excluding hydrogens is 650 g/mol. The zero-order valence-electron chi connectivity index (χ0n) is 25.0. The summed E-state index contributed by atoms with van der Waals surface area (Å²) in [5, 5.41) is 8.06. The fourth-order valence-corrected chi connectivity index (χ4v) is 5.74. The number of halogens is 4. The topological polar surface area (TPSA) is 101 Å². The number of nitrogens with one attached hydrogen (secondary N) is 1. The monoisotopic (exact) mass is 686 g/mol. The van der Waals surface area contributed by atoms with Crippen molar-refractivity contribution in [3.8, 4) is 0 Å². The number of benzene rings is 2. The molecule has 0 spiro atoms. The van der Waals surface area contributed by atoms with Gasteiger partial charge in [0.1, 0.15) is 11.8 Å². The van der Waals surface area contributed by atoms with Gasteiger partial charge in [-0.15, -0.1) is 16.7 Å². The van der Waals surface area contributed by atoms with E-state index in [4.69, 9.17) is 55.9 Å². The molecule has 0 saturated carbocycles. The van der Waals surface area contributed by atoms with Crippen molar-refractivity contribution in [2.75, 3.05) is 16.5 Å². The van der Waals surface area contributed by atoms with Crippen molar-refractivity contribution in [1.82, 2.24) is 5.32 Å². The minimum atomic E-state index is -1.63. The van der Waals surface area contributed by atoms with Crippen LogP contribution in [-0.2, 0) is 14.3 Å². The number of amides is 3. The number of carbonyl (C=O) groups excluding carboxylic acids is 3. The first-order valence-corrected chi connectivity index (χ1v) is 16.4. The van der Waals surface area contributed by atoms with Crippen LogP contribution in [0.5, 0.6) is 0 Å². The number of rotatable bonds is 14. The maximum Gasteiger partial charge on any atom is 0.420 e. The van der Waals surface area contributed by atoms with Crippen LogP contribution in [0.2, 0.25) is 15.1 Å². The van der Waals surface area contributed by atoms with Gasteiger partial charge in [0.2, 0.25) is 6.10 Å². The van der Waals surface area contributed by atoms with Crippen molar-refractivity contribution >= 4 is 81.7 Å². The number of hydrazone groups is 1. The van der Waals surface area contributed by atoms with Gasteiger partial charge >= 0.3 is 12.2 Å². The van der Waals surface area contributed by atoms with Crippen LogP contribution in [0.15, 0.2) is 47.6 Å². The fourth-order valence-electron chi connectivity index (χ4n) is 4.64. The largest absolute Gasteiger partial charge is 0.446 e. The molecule has 0 aliphatic carbocycles. The van der Waals surface area contributed by atoms with Gasteiger partial charge < -0.3 is 14.8 Å². The van der Waals surface area contributed by atoms with Gasteiger partial charge in [-0.05, 0) is 63.8 Å². The summed E-state index contributed by atoms with van der Waals surface area (Å²) < 4.78 is 11.6. The first kappa shape index (κ1) is 35.8. The molecule has 0 fully saturated rings. The Balaban J connectivity index is 2.04. The molecule has 1 aliphatic rings. The van der Waals surface area contributed by atoms with Crippen molar-refractivity contribution in [2.24, 2.45) is 5.10 Å². The minimum Gasteiger partial charge on any atom is -0.446 e. The van der Waals surface area contributed by atoms with Crippen molar-refractivity contribution in [3.63, 3.8) is 0 Å². The third-order valence-corrected chi connectivity index (χ3v) is 7.83. The van der Waals surface area contributed by atoms with Gasteiger partial charge in [0.15, 0.2) is 5.84 Å². The molecule has 0 saturated heterocycles. The van der Waals surface area contributed by atoms with E-state index in [1.807, 2.05) is 6.92 Å². The van der Waals surface area contributed by atoms with Crippen LogP contribution in [0.25, 0.3) is 0 Å². The van der Waals surface area contributed by atoms with Gasteiger partial charge in [-0.2, -0.15) is 5.01 Å². The lowest BCUT2D eigenvalue weighted by atomic mass is 10.0. The van der Waals surface area contributed by atoms with Gasteiger partial charge in [-0.3, -0.25) is 4.79 Å². The first-order chi connectivity index (χ1) is 21.1. The van der Waals surface area contributed by atoms with E-state index in [0.29, 0.717) is 24.9 Å². The number of carbonyl (C=O) groups is 3. The standard InChI is InChI=1S/C31H38Cl4N4O5/c1-4-6-7-8-12-15-23(17-16-20(3)32)43-31(42)38(22-13-10-9-11-14-22)28-27(44-30(41)36-5-2)29(40)39(37-28)26-24(34)18-21(33)19-25(26)35/h9-11,13-14,18-20,23,27H,4-8,12,15-17H2,1-3H3,(H,36,41). The smallest absolute Gasteiger partial charge is 0.420 e. The molecule has 0 aromatic heterocycles. The first-order valence-electron chi connectivity index (χ1n) is 14.8. The molecule has 44 heavy (non-hydrogen) atoms. The van der Waals surface area contributed by atoms with Crippen LogP contribution in [-0.4, -0.2) is 48.1 Å². The molecule has 3 rings (SSSR count). The lowest BCUT2D eigenvalue weighted by Crippen LogP contribution is -2.48. The summed E-state index contributed by atoms with van der Waals surface area (Å²) >= 11 is 25.2. The Labute approximate surface area is 278 Å². The van der Waals surface area contributed by atoms with Crippen LogP contribution in [0.3, 0.4) is 0 Å². The maximum absolute atomic E-state index is 14.0. The van der Waals surface area contributed by atoms with E-state index in [1.165, 1.54) is 12.1 Å². The van der Waals surface area contributed by atoms with E-state index in [2.05, 4.69) is 17.3 Å². The summed E-state index contributed by atoms with van der Waals surface area (Å²) in [6.45, 7) is 5.99. The average molecular weight is 688 g/mol. The highest BCUT2D eigenvalue weighted by atomic mass is 35.5. The van der Waals surface area contributed by atoms with Gasteiger partial charge in [-0.1, -0.05) is 85.6 Å². The summed E-state index contributed by atoms with van der Waals surface area (Å²) in [5.41, 5.74) is 0.362. The van der Waals surface area contributed by atoms with Crippen LogP contribution in [0.1, 0.15) is 72.1 Å². The number of hydrogen-bond acceptors (Lipinski definition) is 6. The second-order valence-electron chi connectivity index (χ2n) is 10.4. The van der Waals surface area contributed by atoms with Crippen LogP contribution < -0.4 is 15.2 Å². The number of nitrogens with zero attached hydrogens (tertiary/aromatic N) is 3. The zero-order chi connectivity index (χ0) is 32.2. The Kier molecular flexibility index (Phi) is 14.4. The molecule has 1 heterocycles. The Morgan fingerprint density at radius 1 is 1.00 bits per heavy atom. The molecule has 13 heteroatoms. The quantitative estimate of drug-likeness (QED) is 0.158. The Hall–Kier alpha value is -2.72. The van der Waals surface area contributed by atoms with E-state index in [9.17, 15) is 14.4 Å². The van der Waals surface area contributed by atoms with Crippen molar-refractivity contribution in [3.05, 3.63) is 57.5 Å². The van der Waals surface area contributed by atoms with Gasteiger partial charge in [0, 0.05) is 16.9 Å². The number of alkyl halides is 1. The third-order valence-electron chi connectivity index (χ3n) is 6.82. The predicted octanol–water partition coefficient (Wildman–Crippen LogP) is 9.20. The Morgan fingerprint density at radius 3 is 2.27 bits per heavy atom. The molecule has 3 amide bonds. The number of unbranched alkanes of at least 4 members (excludes halogenated alkanes) is 4. The van der Waals surface area contributed by atoms with E-state index >= 15 is 0 Å². The second-order valence-corrected chi connectivity index (χ2v) is 12.4. The molecular formula is C31H38Cl4N4O5. The molecule has 0 radical (unpaired) electrons. The summed E-state index contributed by atoms with van der Waals surface area (Å²) in [4.78, 5) is 41.6. The number of anilines is 2. The highest BCUT2D eigenvalue weighted by Gasteiger charge is 2.46. The lowest BCUT2D eigenvalue weighted by molar-refractivity contribution is -0.122. The highest BCUT2D eigenvalue weighted by molar-refractivity contribution is 6.43. The van der Waals surface area contributed by atoms with E-state index in [1.54, 1.807) is 37.3 Å². The van der Waals surface area contributed by atoms with Gasteiger partial charge in [-0.25, -0.2) is 14.5 Å². The summed E-state index contributed by atoms with van der Waals surface area (Å²) in [6, 6.07) is 11.3. The molecule has 2 aromatic rings. The highest BCUT2D eigenvalue weighted by Crippen LogP contribution is 2.39. The SMILES string of the molecule is CCCCCCCC(CCC(C)Cl)OC(=O)N(C1=NN(c2c(Cl)cc(Cl)cc2Cl)C(=O)C1OC(=O)NCC)c1ccccc1. The zero-order valence-corrected chi connectivity index (χ0v) is 28.1. The molecule has 2 aromatic carbocycles. The molecule has 1 N–H and O–H groups in total. The second kappa shape index (κ2) is 17.7. The lowest BCUT2D eigenvalue weighted by Gasteiger charge is -2.27. The minimum absolute atomic E-state index is 0.0182. The van der Waals surface area contributed by atoms with Crippen molar-refractivity contribution < 1.29 is 23.9 Å². The number of alkyl carbamates (subject to hydrolysis) is 1. The third kappa shape index (κ3) is 9.89. The predicted molar refractivity (Wildman–Crippen MR) is 177 cm³/mol. The summed E-state index contributed by atoms with van der Waals surface area (Å²) in [5.74, 6) is -0.999. The number of amidine groups is 1. The van der Waals surface area contributed by atoms with Crippen LogP contribution >= 0.6 is 46.4 Å². The van der Waals surface area contributed by atoms with E-state index < -0.39 is 30.3 Å². The summed E-state index contributed by atoms with van der Waals surface area (Å²) in [7, 11) is 0. The molecule has 9 nitrogen and oxygen atoms in total. The maximum atomic E-state index is 14.0. The Morgan fingerprint density at radius 2 is 1.66 bits per heavy atom. The Bertz CT molecular complexity index is 1290. The molecule has 240 valence electrons.